The van der Waals surface area contributed by atoms with Crippen LogP contribution in [0, 0.1) is 0 Å². The van der Waals surface area contributed by atoms with Crippen LogP contribution in [0.15, 0.2) is 24.3 Å². The van der Waals surface area contributed by atoms with Gasteiger partial charge in [-0.3, -0.25) is 9.69 Å². The minimum Gasteiger partial charge on any atom is -0.497 e. The van der Waals surface area contributed by atoms with Crippen LogP contribution in [-0.4, -0.2) is 42.6 Å². The van der Waals surface area contributed by atoms with Gasteiger partial charge in [-0.25, -0.2) is 0 Å². The van der Waals surface area contributed by atoms with Gasteiger partial charge in [0.1, 0.15) is 5.75 Å². The first-order valence-electron chi connectivity index (χ1n) is 8.06. The van der Waals surface area contributed by atoms with Gasteiger partial charge in [0.2, 0.25) is 5.91 Å². The number of halogens is 1. The van der Waals surface area contributed by atoms with Gasteiger partial charge in [-0.2, -0.15) is 0 Å². The molecule has 2 unspecified atom stereocenters. The Bertz CT molecular complexity index is 548. The summed E-state index contributed by atoms with van der Waals surface area (Å²) in [5, 5.41) is 3.13. The van der Waals surface area contributed by atoms with Crippen molar-refractivity contribution >= 4 is 18.3 Å². The van der Waals surface area contributed by atoms with E-state index in [1.807, 2.05) is 12.1 Å². The van der Waals surface area contributed by atoms with Gasteiger partial charge in [0.25, 0.3) is 0 Å². The summed E-state index contributed by atoms with van der Waals surface area (Å²) in [6.07, 6.45) is 3.49. The highest BCUT2D eigenvalue weighted by Gasteiger charge is 2.43. The van der Waals surface area contributed by atoms with E-state index in [4.69, 9.17) is 10.5 Å². The van der Waals surface area contributed by atoms with Gasteiger partial charge in [0.15, 0.2) is 0 Å². The van der Waals surface area contributed by atoms with E-state index in [1.54, 1.807) is 14.0 Å². The Morgan fingerprint density at radius 2 is 2.13 bits per heavy atom. The fraction of sp³-hybridized carbons (Fsp3) is 0.588. The molecule has 23 heavy (non-hydrogen) atoms. The number of likely N-dealkylation sites (tertiary alicyclic amines) is 1. The number of carbonyl (C=O) groups excluding carboxylic acids is 1. The molecule has 3 rings (SSSR count). The van der Waals surface area contributed by atoms with Crippen LogP contribution < -0.4 is 15.8 Å². The smallest absolute Gasteiger partial charge is 0.236 e. The predicted octanol–water partition coefficient (Wildman–Crippen LogP) is 1.86. The lowest BCUT2D eigenvalue weighted by Crippen LogP contribution is -2.46. The number of carbonyl (C=O) groups is 1. The molecule has 0 aromatic heterocycles. The molecule has 0 bridgehead atoms. The van der Waals surface area contributed by atoms with Crippen molar-refractivity contribution in [3.63, 3.8) is 0 Å². The second-order valence-corrected chi connectivity index (χ2v) is 6.38. The van der Waals surface area contributed by atoms with Crippen molar-refractivity contribution in [3.05, 3.63) is 29.8 Å². The number of nitrogens with two attached hydrogens (primary N) is 1. The molecule has 1 amide bonds. The zero-order valence-electron chi connectivity index (χ0n) is 13.7. The van der Waals surface area contributed by atoms with Gasteiger partial charge in [-0.05, 0) is 43.9 Å². The summed E-state index contributed by atoms with van der Waals surface area (Å²) in [4.78, 5) is 14.5. The van der Waals surface area contributed by atoms with Crippen molar-refractivity contribution in [2.75, 3.05) is 13.7 Å². The van der Waals surface area contributed by atoms with E-state index in [-0.39, 0.29) is 30.4 Å². The Morgan fingerprint density at radius 1 is 1.39 bits per heavy atom. The molecule has 1 saturated heterocycles. The number of methoxy groups -OCH3 is 1. The molecule has 128 valence electrons. The number of benzene rings is 1. The molecule has 1 aromatic rings. The first-order valence-corrected chi connectivity index (χ1v) is 8.06. The van der Waals surface area contributed by atoms with Gasteiger partial charge in [0.05, 0.1) is 19.2 Å². The topological polar surface area (TPSA) is 67.6 Å². The highest BCUT2D eigenvalue weighted by atomic mass is 35.5. The molecule has 1 aromatic carbocycles. The first kappa shape index (κ1) is 18.0. The average molecular weight is 340 g/mol. The van der Waals surface area contributed by atoms with E-state index >= 15 is 0 Å². The summed E-state index contributed by atoms with van der Waals surface area (Å²) in [7, 11) is 1.68. The summed E-state index contributed by atoms with van der Waals surface area (Å²) in [6, 6.07) is 8.69. The third kappa shape index (κ3) is 3.97. The molecule has 1 aliphatic carbocycles. The van der Waals surface area contributed by atoms with Crippen LogP contribution in [-0.2, 0) is 4.79 Å². The number of amides is 1. The molecule has 0 radical (unpaired) electrons. The van der Waals surface area contributed by atoms with Crippen molar-refractivity contribution in [2.45, 2.75) is 50.4 Å². The molecule has 2 aliphatic rings. The number of nitrogens with zero attached hydrogens (tertiary/aromatic N) is 1. The van der Waals surface area contributed by atoms with Crippen LogP contribution in [0.1, 0.15) is 37.8 Å². The fourth-order valence-electron chi connectivity index (χ4n) is 3.35. The second kappa shape index (κ2) is 7.51. The number of nitrogens with one attached hydrogen (secondary N) is 1. The van der Waals surface area contributed by atoms with Crippen LogP contribution in [0.25, 0.3) is 0 Å². The first-order chi connectivity index (χ1) is 10.6. The standard InChI is InChI=1S/C17H25N3O2.ClH/c1-11(18)17(21)19-15-8-9-20(13-6-7-13)16(15)12-4-3-5-14(10-12)22-2;/h3-5,10-11,13,15-16H,6-9,18H2,1-2H3,(H,19,21);1H/t11-,15?,16?;/m1./s1. The summed E-state index contributed by atoms with van der Waals surface area (Å²) in [5.74, 6) is 0.785. The van der Waals surface area contributed by atoms with E-state index in [9.17, 15) is 4.79 Å². The van der Waals surface area contributed by atoms with Gasteiger partial charge in [0, 0.05) is 18.6 Å². The number of hydrogen-bond donors (Lipinski definition) is 2. The Balaban J connectivity index is 0.00000192. The SMILES string of the molecule is COc1cccc(C2C(NC(=O)[C@@H](C)N)CCN2C2CC2)c1.Cl. The molecule has 1 saturated carbocycles. The van der Waals surface area contributed by atoms with E-state index < -0.39 is 6.04 Å². The van der Waals surface area contributed by atoms with Gasteiger partial charge in [-0.15, -0.1) is 12.4 Å². The summed E-state index contributed by atoms with van der Waals surface area (Å²) < 4.78 is 5.35. The van der Waals surface area contributed by atoms with E-state index in [2.05, 4.69) is 22.3 Å². The lowest BCUT2D eigenvalue weighted by molar-refractivity contribution is -0.122. The van der Waals surface area contributed by atoms with Crippen molar-refractivity contribution in [3.8, 4) is 5.75 Å². The lowest BCUT2D eigenvalue weighted by atomic mass is 9.99. The van der Waals surface area contributed by atoms with E-state index in [1.165, 1.54) is 18.4 Å². The van der Waals surface area contributed by atoms with Crippen LogP contribution in [0.3, 0.4) is 0 Å². The molecule has 1 aliphatic heterocycles. The Hall–Kier alpha value is -1.30. The highest BCUT2D eigenvalue weighted by Crippen LogP contribution is 2.41. The third-order valence-corrected chi connectivity index (χ3v) is 4.63. The average Bonchev–Trinajstić information content (AvgIpc) is 3.28. The van der Waals surface area contributed by atoms with Crippen molar-refractivity contribution in [1.82, 2.24) is 10.2 Å². The maximum atomic E-state index is 12.0. The Kier molecular flexibility index (Phi) is 5.89. The van der Waals surface area contributed by atoms with Crippen LogP contribution >= 0.6 is 12.4 Å². The van der Waals surface area contributed by atoms with Crippen LogP contribution in [0.5, 0.6) is 5.75 Å². The van der Waals surface area contributed by atoms with Crippen molar-refractivity contribution < 1.29 is 9.53 Å². The number of ether oxygens (including phenoxy) is 1. The van der Waals surface area contributed by atoms with Gasteiger partial charge < -0.3 is 15.8 Å². The predicted molar refractivity (Wildman–Crippen MR) is 92.9 cm³/mol. The molecule has 6 heteroatoms. The fourth-order valence-corrected chi connectivity index (χ4v) is 3.35. The highest BCUT2D eigenvalue weighted by molar-refractivity contribution is 5.85. The summed E-state index contributed by atoms with van der Waals surface area (Å²) in [5.41, 5.74) is 6.91. The minimum absolute atomic E-state index is 0. The van der Waals surface area contributed by atoms with Crippen molar-refractivity contribution in [2.24, 2.45) is 5.73 Å². The quantitative estimate of drug-likeness (QED) is 0.859. The maximum absolute atomic E-state index is 12.0. The second-order valence-electron chi connectivity index (χ2n) is 6.38. The Morgan fingerprint density at radius 3 is 2.74 bits per heavy atom. The number of rotatable bonds is 5. The summed E-state index contributed by atoms with van der Waals surface area (Å²) in [6.45, 7) is 2.75. The number of hydrogen-bond acceptors (Lipinski definition) is 4. The van der Waals surface area contributed by atoms with Crippen LogP contribution in [0.2, 0.25) is 0 Å². The molecule has 1 heterocycles. The Labute approximate surface area is 144 Å². The van der Waals surface area contributed by atoms with Gasteiger partial charge in [-0.1, -0.05) is 12.1 Å². The van der Waals surface area contributed by atoms with E-state index in [0.29, 0.717) is 6.04 Å². The summed E-state index contributed by atoms with van der Waals surface area (Å²) >= 11 is 0. The van der Waals surface area contributed by atoms with E-state index in [0.717, 1.165) is 18.7 Å². The molecular weight excluding hydrogens is 314 g/mol. The molecule has 5 nitrogen and oxygen atoms in total. The zero-order chi connectivity index (χ0) is 15.7. The van der Waals surface area contributed by atoms with Crippen molar-refractivity contribution in [1.29, 1.82) is 0 Å². The third-order valence-electron chi connectivity index (χ3n) is 4.63. The monoisotopic (exact) mass is 339 g/mol. The molecule has 0 spiro atoms. The molecular formula is C17H26ClN3O2. The molecule has 3 N–H and O–H groups in total. The minimum atomic E-state index is -0.471. The normalized spacial score (nSPS) is 25.5. The van der Waals surface area contributed by atoms with Crippen LogP contribution in [0.4, 0.5) is 0 Å². The van der Waals surface area contributed by atoms with Gasteiger partial charge >= 0.3 is 0 Å². The zero-order valence-corrected chi connectivity index (χ0v) is 14.5. The maximum Gasteiger partial charge on any atom is 0.236 e. The lowest BCUT2D eigenvalue weighted by Gasteiger charge is -2.29. The molecule has 3 atom stereocenters. The largest absolute Gasteiger partial charge is 0.497 e. The molecule has 2 fully saturated rings.